The first-order valence-electron chi connectivity index (χ1n) is 8.19. The minimum absolute atomic E-state index is 0.0334. The van der Waals surface area contributed by atoms with Crippen molar-refractivity contribution in [1.82, 2.24) is 0 Å². The topological polar surface area (TPSA) is 140 Å². The smallest absolute Gasteiger partial charge is 0.187 e. The van der Waals surface area contributed by atoms with Gasteiger partial charge in [-0.25, -0.2) is 0 Å². The van der Waals surface area contributed by atoms with Gasteiger partial charge in [0.05, 0.1) is 18.8 Å². The number of hydrogen-bond acceptors (Lipinski definition) is 8. The van der Waals surface area contributed by atoms with Crippen LogP contribution < -0.4 is 0 Å². The molecule has 9 unspecified atom stereocenters. The Morgan fingerprint density at radius 2 is 1.67 bits per heavy atom. The van der Waals surface area contributed by atoms with E-state index in [0.29, 0.717) is 5.57 Å². The van der Waals surface area contributed by atoms with Crippen LogP contribution in [0.4, 0.5) is 0 Å². The van der Waals surface area contributed by atoms with Crippen LogP contribution in [0.2, 0.25) is 0 Å². The monoisotopic (exact) mass is 348 g/mol. The van der Waals surface area contributed by atoms with E-state index in [0.717, 1.165) is 0 Å². The predicted molar refractivity (Wildman–Crippen MR) is 82.7 cm³/mol. The molecule has 6 N–H and O–H groups in total. The maximum Gasteiger partial charge on any atom is 0.187 e. The van der Waals surface area contributed by atoms with Crippen molar-refractivity contribution in [1.29, 1.82) is 0 Å². The van der Waals surface area contributed by atoms with Gasteiger partial charge in [-0.05, 0) is 18.4 Å². The summed E-state index contributed by atoms with van der Waals surface area (Å²) in [6.45, 7) is 4.87. The summed E-state index contributed by atoms with van der Waals surface area (Å²) >= 11 is 0. The molecule has 0 amide bonds. The van der Waals surface area contributed by atoms with E-state index in [4.69, 9.17) is 9.47 Å². The third-order valence-electron chi connectivity index (χ3n) is 4.90. The van der Waals surface area contributed by atoms with Gasteiger partial charge in [-0.15, -0.1) is 0 Å². The Kier molecular flexibility index (Phi) is 6.38. The van der Waals surface area contributed by atoms with Crippen LogP contribution in [0.3, 0.4) is 0 Å². The van der Waals surface area contributed by atoms with Gasteiger partial charge in [-0.3, -0.25) is 0 Å². The Bertz CT molecular complexity index is 451. The average Bonchev–Trinajstić information content (AvgIpc) is 2.52. The van der Waals surface area contributed by atoms with Crippen LogP contribution in [0.25, 0.3) is 0 Å². The molecular weight excluding hydrogens is 320 g/mol. The van der Waals surface area contributed by atoms with Gasteiger partial charge in [-0.2, -0.15) is 0 Å². The molecule has 0 aromatic heterocycles. The van der Waals surface area contributed by atoms with Gasteiger partial charge in [-0.1, -0.05) is 19.9 Å². The van der Waals surface area contributed by atoms with Crippen molar-refractivity contribution in [3.8, 4) is 0 Å². The highest BCUT2D eigenvalue weighted by molar-refractivity contribution is 5.17. The molecule has 0 spiro atoms. The summed E-state index contributed by atoms with van der Waals surface area (Å²) in [5.74, 6) is -0.482. The summed E-state index contributed by atoms with van der Waals surface area (Å²) in [5.41, 5.74) is 0.536. The predicted octanol–water partition coefficient (Wildman–Crippen LogP) is -1.87. The molecule has 1 aliphatic heterocycles. The van der Waals surface area contributed by atoms with E-state index >= 15 is 0 Å². The van der Waals surface area contributed by atoms with Crippen molar-refractivity contribution in [2.45, 2.75) is 69.8 Å². The van der Waals surface area contributed by atoms with Crippen molar-refractivity contribution in [2.24, 2.45) is 11.8 Å². The van der Waals surface area contributed by atoms with Crippen LogP contribution in [0.15, 0.2) is 11.6 Å². The number of ether oxygens (including phenoxy) is 2. The van der Waals surface area contributed by atoms with Crippen LogP contribution in [0.1, 0.15) is 20.8 Å². The minimum atomic E-state index is -1.53. The quantitative estimate of drug-likeness (QED) is 0.325. The second-order valence-corrected chi connectivity index (χ2v) is 6.97. The Labute approximate surface area is 141 Å². The molecular formula is C16H28O8. The Morgan fingerprint density at radius 1 is 1.04 bits per heavy atom. The standard InChI is InChI=1S/C16H28O8/c1-6(2)10-8(4-7(3)11(18)13(10)20)23-16-15(22)14(21)12(19)9(5-17)24-16/h4,6,8-22H,5H2,1-3H3. The molecule has 24 heavy (non-hydrogen) atoms. The van der Waals surface area contributed by atoms with Crippen LogP contribution >= 0.6 is 0 Å². The minimum Gasteiger partial charge on any atom is -0.394 e. The molecule has 8 nitrogen and oxygen atoms in total. The first-order chi connectivity index (χ1) is 11.2. The van der Waals surface area contributed by atoms with Gasteiger partial charge in [0.1, 0.15) is 30.5 Å². The van der Waals surface area contributed by atoms with Gasteiger partial charge in [0, 0.05) is 5.92 Å². The zero-order chi connectivity index (χ0) is 18.2. The molecule has 0 radical (unpaired) electrons. The lowest BCUT2D eigenvalue weighted by Crippen LogP contribution is -2.60. The van der Waals surface area contributed by atoms with E-state index in [1.165, 1.54) is 0 Å². The number of aliphatic hydroxyl groups is 6. The van der Waals surface area contributed by atoms with Crippen LogP contribution in [0, 0.1) is 11.8 Å². The molecule has 2 rings (SSSR count). The van der Waals surface area contributed by atoms with Gasteiger partial charge in [0.2, 0.25) is 0 Å². The maximum absolute atomic E-state index is 10.3. The second kappa shape index (κ2) is 7.76. The van der Waals surface area contributed by atoms with E-state index in [2.05, 4.69) is 0 Å². The second-order valence-electron chi connectivity index (χ2n) is 6.97. The third-order valence-corrected chi connectivity index (χ3v) is 4.90. The maximum atomic E-state index is 10.3. The lowest BCUT2D eigenvalue weighted by atomic mass is 9.77. The lowest BCUT2D eigenvalue weighted by molar-refractivity contribution is -0.314. The largest absolute Gasteiger partial charge is 0.394 e. The summed E-state index contributed by atoms with van der Waals surface area (Å²) in [4.78, 5) is 0. The van der Waals surface area contributed by atoms with E-state index in [-0.39, 0.29) is 5.92 Å². The number of rotatable bonds is 4. The Hall–Kier alpha value is -0.580. The molecule has 8 heteroatoms. The summed E-state index contributed by atoms with van der Waals surface area (Å²) in [5, 5.41) is 59.3. The van der Waals surface area contributed by atoms with E-state index in [9.17, 15) is 30.6 Å². The highest BCUT2D eigenvalue weighted by Crippen LogP contribution is 2.34. The van der Waals surface area contributed by atoms with Crippen molar-refractivity contribution in [3.05, 3.63) is 11.6 Å². The Balaban J connectivity index is 2.20. The highest BCUT2D eigenvalue weighted by Gasteiger charge is 2.47. The van der Waals surface area contributed by atoms with Crippen molar-refractivity contribution in [3.63, 3.8) is 0 Å². The zero-order valence-electron chi connectivity index (χ0n) is 14.1. The van der Waals surface area contributed by atoms with Gasteiger partial charge < -0.3 is 40.1 Å². The lowest BCUT2D eigenvalue weighted by Gasteiger charge is -2.44. The summed E-state index contributed by atoms with van der Waals surface area (Å²) in [7, 11) is 0. The van der Waals surface area contributed by atoms with E-state index in [1.807, 2.05) is 13.8 Å². The van der Waals surface area contributed by atoms with E-state index < -0.39 is 61.5 Å². The molecule has 0 bridgehead atoms. The molecule has 2 aliphatic rings. The average molecular weight is 348 g/mol. The SMILES string of the molecule is CC1=CC(OC2OC(CO)C(O)C(O)C2O)C(C(C)C)C(O)C1O. The van der Waals surface area contributed by atoms with Crippen LogP contribution in [0.5, 0.6) is 0 Å². The van der Waals surface area contributed by atoms with Crippen molar-refractivity contribution < 1.29 is 40.1 Å². The van der Waals surface area contributed by atoms with Gasteiger partial charge in [0.15, 0.2) is 6.29 Å². The zero-order valence-corrected chi connectivity index (χ0v) is 14.1. The van der Waals surface area contributed by atoms with E-state index in [1.54, 1.807) is 13.0 Å². The van der Waals surface area contributed by atoms with Crippen molar-refractivity contribution >= 4 is 0 Å². The first-order valence-corrected chi connectivity index (χ1v) is 8.19. The molecule has 0 aromatic rings. The molecule has 140 valence electrons. The first kappa shape index (κ1) is 19.7. The van der Waals surface area contributed by atoms with Crippen LogP contribution in [-0.4, -0.2) is 86.3 Å². The fourth-order valence-corrected chi connectivity index (χ4v) is 3.38. The number of aliphatic hydroxyl groups excluding tert-OH is 6. The van der Waals surface area contributed by atoms with Crippen LogP contribution in [-0.2, 0) is 9.47 Å². The summed E-state index contributed by atoms with van der Waals surface area (Å²) in [6.07, 6.45) is -7.86. The summed E-state index contributed by atoms with van der Waals surface area (Å²) < 4.78 is 11.1. The molecule has 0 aromatic carbocycles. The van der Waals surface area contributed by atoms with Crippen molar-refractivity contribution in [2.75, 3.05) is 6.61 Å². The normalized spacial score (nSPS) is 46.9. The molecule has 1 heterocycles. The van der Waals surface area contributed by atoms with Gasteiger partial charge >= 0.3 is 0 Å². The summed E-state index contributed by atoms with van der Waals surface area (Å²) in [6, 6.07) is 0. The molecule has 1 fully saturated rings. The number of hydrogen-bond donors (Lipinski definition) is 6. The molecule has 9 atom stereocenters. The fraction of sp³-hybridized carbons (Fsp3) is 0.875. The highest BCUT2D eigenvalue weighted by atomic mass is 16.7. The molecule has 1 aliphatic carbocycles. The molecule has 1 saturated heterocycles. The van der Waals surface area contributed by atoms with Gasteiger partial charge in [0.25, 0.3) is 0 Å². The fourth-order valence-electron chi connectivity index (χ4n) is 3.38. The molecule has 0 saturated carbocycles. The third kappa shape index (κ3) is 3.66. The Morgan fingerprint density at radius 3 is 2.21 bits per heavy atom.